The van der Waals surface area contributed by atoms with E-state index in [1.54, 1.807) is 20.8 Å². The summed E-state index contributed by atoms with van der Waals surface area (Å²) in [5.41, 5.74) is 4.79. The zero-order valence-electron chi connectivity index (χ0n) is 14.9. The highest BCUT2D eigenvalue weighted by Gasteiger charge is 2.29. The van der Waals surface area contributed by atoms with E-state index in [4.69, 9.17) is 5.73 Å². The molecule has 0 aliphatic rings. The smallest absolute Gasteiger partial charge is 0.244 e. The van der Waals surface area contributed by atoms with E-state index in [2.05, 4.69) is 10.0 Å². The average Bonchev–Trinajstić information content (AvgIpc) is 2.35. The van der Waals surface area contributed by atoms with E-state index in [9.17, 15) is 17.6 Å². The van der Waals surface area contributed by atoms with Gasteiger partial charge >= 0.3 is 0 Å². The number of benzene rings is 1. The second-order valence-electron chi connectivity index (χ2n) is 7.83. The van der Waals surface area contributed by atoms with E-state index in [1.165, 1.54) is 6.07 Å². The van der Waals surface area contributed by atoms with Crippen molar-refractivity contribution >= 4 is 21.6 Å². The van der Waals surface area contributed by atoms with Crippen LogP contribution in [0.15, 0.2) is 23.1 Å². The number of hydrogen-bond donors (Lipinski definition) is 3. The van der Waals surface area contributed by atoms with Gasteiger partial charge in [0.1, 0.15) is 10.7 Å². The summed E-state index contributed by atoms with van der Waals surface area (Å²) in [6.07, 6.45) is 0. The number of rotatable bonds is 4. The van der Waals surface area contributed by atoms with Crippen LogP contribution in [0, 0.1) is 11.2 Å². The zero-order chi connectivity index (χ0) is 18.9. The van der Waals surface area contributed by atoms with Crippen LogP contribution in [0.4, 0.5) is 10.1 Å². The van der Waals surface area contributed by atoms with Gasteiger partial charge in [-0.2, -0.15) is 0 Å². The molecule has 1 amide bonds. The van der Waals surface area contributed by atoms with Crippen LogP contribution in [-0.4, -0.2) is 25.9 Å². The molecule has 1 rings (SSSR count). The van der Waals surface area contributed by atoms with Crippen molar-refractivity contribution in [3.8, 4) is 0 Å². The van der Waals surface area contributed by atoms with Crippen LogP contribution in [0.3, 0.4) is 0 Å². The van der Waals surface area contributed by atoms with Crippen LogP contribution >= 0.6 is 0 Å². The number of anilines is 1. The second kappa shape index (κ2) is 6.78. The van der Waals surface area contributed by atoms with E-state index in [0.29, 0.717) is 0 Å². The van der Waals surface area contributed by atoms with E-state index < -0.39 is 43.6 Å². The molecule has 0 radical (unpaired) electrons. The van der Waals surface area contributed by atoms with E-state index in [0.717, 1.165) is 12.1 Å². The number of halogens is 1. The summed E-state index contributed by atoms with van der Waals surface area (Å²) in [5.74, 6) is -1.37. The molecule has 0 saturated carbocycles. The molecule has 24 heavy (non-hydrogen) atoms. The standard InChI is InChI=1S/C16H26FN3O3S/c1-15(2,3)13(18)14(21)19-10-7-8-11(17)12(9-10)24(22,23)20-16(4,5)6/h7-9,13,20H,18H2,1-6H3,(H,19,21)/t13-/m1/s1. The van der Waals surface area contributed by atoms with Crippen molar-refractivity contribution in [2.45, 2.75) is 58.0 Å². The Bertz CT molecular complexity index is 719. The fourth-order valence-corrected chi connectivity index (χ4v) is 3.38. The van der Waals surface area contributed by atoms with Gasteiger partial charge in [0, 0.05) is 11.2 Å². The minimum atomic E-state index is -4.06. The highest BCUT2D eigenvalue weighted by Crippen LogP contribution is 2.23. The number of nitrogens with two attached hydrogens (primary N) is 1. The molecule has 0 unspecified atom stereocenters. The predicted octanol–water partition coefficient (Wildman–Crippen LogP) is 2.21. The Morgan fingerprint density at radius 1 is 1.17 bits per heavy atom. The lowest BCUT2D eigenvalue weighted by molar-refractivity contribution is -0.119. The van der Waals surface area contributed by atoms with Crippen molar-refractivity contribution in [3.05, 3.63) is 24.0 Å². The van der Waals surface area contributed by atoms with Crippen molar-refractivity contribution in [2.24, 2.45) is 11.1 Å². The third-order valence-electron chi connectivity index (χ3n) is 3.14. The number of amides is 1. The maximum absolute atomic E-state index is 14.0. The van der Waals surface area contributed by atoms with Crippen LogP contribution < -0.4 is 15.8 Å². The molecule has 0 aromatic heterocycles. The van der Waals surface area contributed by atoms with E-state index >= 15 is 0 Å². The molecule has 0 spiro atoms. The highest BCUT2D eigenvalue weighted by molar-refractivity contribution is 7.89. The molecule has 136 valence electrons. The van der Waals surface area contributed by atoms with Gasteiger partial charge in [-0.05, 0) is 44.4 Å². The zero-order valence-corrected chi connectivity index (χ0v) is 15.7. The SMILES string of the molecule is CC(C)(C)NS(=O)(=O)c1cc(NC(=O)[C@@H](N)C(C)(C)C)ccc1F. The third-order valence-corrected chi connectivity index (χ3v) is 4.92. The maximum atomic E-state index is 14.0. The lowest BCUT2D eigenvalue weighted by Crippen LogP contribution is -2.45. The van der Waals surface area contributed by atoms with Gasteiger partial charge in [-0.3, -0.25) is 4.79 Å². The average molecular weight is 359 g/mol. The van der Waals surface area contributed by atoms with Crippen LogP contribution in [0.2, 0.25) is 0 Å². The van der Waals surface area contributed by atoms with Crippen molar-refractivity contribution < 1.29 is 17.6 Å². The van der Waals surface area contributed by atoms with Crippen LogP contribution in [0.25, 0.3) is 0 Å². The first-order valence-electron chi connectivity index (χ1n) is 7.53. The molecule has 0 bridgehead atoms. The first-order chi connectivity index (χ1) is 10.6. The summed E-state index contributed by atoms with van der Waals surface area (Å²) in [6, 6.07) is 2.57. The fourth-order valence-electron chi connectivity index (χ4n) is 1.86. The summed E-state index contributed by atoms with van der Waals surface area (Å²) in [5, 5.41) is 2.53. The van der Waals surface area contributed by atoms with Crippen molar-refractivity contribution in [3.63, 3.8) is 0 Å². The number of hydrogen-bond acceptors (Lipinski definition) is 4. The largest absolute Gasteiger partial charge is 0.325 e. The molecule has 6 nitrogen and oxygen atoms in total. The minimum absolute atomic E-state index is 0.162. The summed E-state index contributed by atoms with van der Waals surface area (Å²) < 4.78 is 41.0. The summed E-state index contributed by atoms with van der Waals surface area (Å²) in [4.78, 5) is 11.6. The lowest BCUT2D eigenvalue weighted by Gasteiger charge is -2.26. The normalized spacial score (nSPS) is 14.3. The molecule has 0 fully saturated rings. The lowest BCUT2D eigenvalue weighted by atomic mass is 9.87. The Morgan fingerprint density at radius 2 is 1.71 bits per heavy atom. The van der Waals surface area contributed by atoms with Crippen LogP contribution in [-0.2, 0) is 14.8 Å². The van der Waals surface area contributed by atoms with Gasteiger partial charge in [0.15, 0.2) is 0 Å². The number of carbonyl (C=O) groups is 1. The third kappa shape index (κ3) is 5.54. The molecule has 0 saturated heterocycles. The molecule has 0 heterocycles. The Hall–Kier alpha value is -1.51. The molecular weight excluding hydrogens is 333 g/mol. The van der Waals surface area contributed by atoms with Crippen molar-refractivity contribution in [1.82, 2.24) is 4.72 Å². The highest BCUT2D eigenvalue weighted by atomic mass is 32.2. The maximum Gasteiger partial charge on any atom is 0.244 e. The minimum Gasteiger partial charge on any atom is -0.325 e. The Morgan fingerprint density at radius 3 is 2.17 bits per heavy atom. The molecule has 8 heteroatoms. The Balaban J connectivity index is 3.13. The second-order valence-corrected chi connectivity index (χ2v) is 9.48. The molecule has 1 atom stereocenters. The van der Waals surface area contributed by atoms with Gasteiger partial charge in [0.25, 0.3) is 0 Å². The molecule has 1 aromatic rings. The van der Waals surface area contributed by atoms with Crippen LogP contribution in [0.5, 0.6) is 0 Å². The van der Waals surface area contributed by atoms with Crippen molar-refractivity contribution in [1.29, 1.82) is 0 Å². The van der Waals surface area contributed by atoms with Crippen molar-refractivity contribution in [2.75, 3.05) is 5.32 Å². The molecule has 0 aliphatic heterocycles. The molecule has 4 N–H and O–H groups in total. The monoisotopic (exact) mass is 359 g/mol. The summed E-state index contributed by atoms with van der Waals surface area (Å²) >= 11 is 0. The topological polar surface area (TPSA) is 101 Å². The number of carbonyl (C=O) groups excluding carboxylic acids is 1. The summed E-state index contributed by atoms with van der Waals surface area (Å²) in [6.45, 7) is 10.4. The molecule has 1 aromatic carbocycles. The summed E-state index contributed by atoms with van der Waals surface area (Å²) in [7, 11) is -4.06. The van der Waals surface area contributed by atoms with E-state index in [-0.39, 0.29) is 5.69 Å². The fraction of sp³-hybridized carbons (Fsp3) is 0.562. The number of nitrogens with one attached hydrogen (secondary N) is 2. The first kappa shape index (κ1) is 20.5. The molecular formula is C16H26FN3O3S. The van der Waals surface area contributed by atoms with Gasteiger partial charge in [-0.25, -0.2) is 17.5 Å². The van der Waals surface area contributed by atoms with Crippen LogP contribution in [0.1, 0.15) is 41.5 Å². The predicted molar refractivity (Wildman–Crippen MR) is 92.5 cm³/mol. The number of sulfonamides is 1. The van der Waals surface area contributed by atoms with Gasteiger partial charge in [0.05, 0.1) is 6.04 Å². The Labute approximate surface area is 143 Å². The van der Waals surface area contributed by atoms with Gasteiger partial charge in [-0.15, -0.1) is 0 Å². The first-order valence-corrected chi connectivity index (χ1v) is 9.02. The Kier molecular flexibility index (Phi) is 5.80. The van der Waals surface area contributed by atoms with E-state index in [1.807, 2.05) is 20.8 Å². The van der Waals surface area contributed by atoms with Gasteiger partial charge in [-0.1, -0.05) is 20.8 Å². The van der Waals surface area contributed by atoms with Gasteiger partial charge < -0.3 is 11.1 Å². The molecule has 0 aliphatic carbocycles. The quantitative estimate of drug-likeness (QED) is 0.767. The van der Waals surface area contributed by atoms with Gasteiger partial charge in [0.2, 0.25) is 15.9 Å².